The molecule has 4 nitrogen and oxygen atoms in total. The number of nitrogens with one attached hydrogen (secondary N) is 1. The van der Waals surface area contributed by atoms with Gasteiger partial charge in [-0.05, 0) is 31.4 Å². The van der Waals surface area contributed by atoms with E-state index in [1.54, 1.807) is 7.11 Å². The lowest BCUT2D eigenvalue weighted by Gasteiger charge is -2.58. The van der Waals surface area contributed by atoms with E-state index in [2.05, 4.69) is 36.2 Å². The van der Waals surface area contributed by atoms with E-state index in [1.807, 2.05) is 6.08 Å². The minimum Gasteiger partial charge on any atom is -0.493 e. The summed E-state index contributed by atoms with van der Waals surface area (Å²) in [4.78, 5) is 0. The minimum absolute atomic E-state index is 0.00652. The fraction of sp³-hybridized carbons (Fsp3) is 0.600. The Labute approximate surface area is 143 Å². The predicted molar refractivity (Wildman–Crippen MR) is 91.1 cm³/mol. The van der Waals surface area contributed by atoms with Gasteiger partial charge in [0.1, 0.15) is 18.0 Å². The van der Waals surface area contributed by atoms with Gasteiger partial charge in [-0.3, -0.25) is 0 Å². The molecule has 3 fully saturated rings. The third-order valence-corrected chi connectivity index (χ3v) is 6.79. The summed E-state index contributed by atoms with van der Waals surface area (Å²) >= 11 is 0. The topological polar surface area (TPSA) is 39.7 Å². The molecule has 0 aromatic rings. The van der Waals surface area contributed by atoms with Crippen LogP contribution in [0.15, 0.2) is 48.5 Å². The first kappa shape index (κ1) is 14.8. The lowest BCUT2D eigenvalue weighted by atomic mass is 9.48. The Bertz CT molecular complexity index is 651. The minimum atomic E-state index is -0.00652. The quantitative estimate of drug-likeness (QED) is 0.806. The van der Waals surface area contributed by atoms with E-state index in [4.69, 9.17) is 14.2 Å². The predicted octanol–water partition coefficient (Wildman–Crippen LogP) is 2.55. The summed E-state index contributed by atoms with van der Waals surface area (Å²) in [6.07, 6.45) is 13.2. The van der Waals surface area contributed by atoms with Crippen LogP contribution in [0.3, 0.4) is 0 Å². The third kappa shape index (κ3) is 1.71. The first-order chi connectivity index (χ1) is 11.8. The Hall–Kier alpha value is -1.52. The molecule has 5 unspecified atom stereocenters. The van der Waals surface area contributed by atoms with Crippen molar-refractivity contribution in [3.8, 4) is 0 Å². The van der Waals surface area contributed by atoms with Crippen LogP contribution in [0.1, 0.15) is 12.8 Å². The summed E-state index contributed by atoms with van der Waals surface area (Å²) in [7, 11) is 1.74. The van der Waals surface area contributed by atoms with Crippen LogP contribution in [0.2, 0.25) is 0 Å². The van der Waals surface area contributed by atoms with Gasteiger partial charge in [-0.25, -0.2) is 0 Å². The molecule has 1 spiro atoms. The second-order valence-corrected chi connectivity index (χ2v) is 7.63. The van der Waals surface area contributed by atoms with Crippen LogP contribution in [0.4, 0.5) is 0 Å². The number of piperidine rings is 1. The SMILES string of the molecule is C=CCOC1C=CC2[C@H]3CC4C=CC(OC)=C5OC1[C@]2(CCN3)C54. The first-order valence-electron chi connectivity index (χ1n) is 9.07. The highest BCUT2D eigenvalue weighted by Gasteiger charge is 2.68. The maximum absolute atomic E-state index is 6.60. The van der Waals surface area contributed by atoms with Crippen LogP contribution in [0.25, 0.3) is 0 Å². The fourth-order valence-electron chi connectivity index (χ4n) is 6.03. The van der Waals surface area contributed by atoms with Crippen molar-refractivity contribution in [2.75, 3.05) is 20.3 Å². The molecule has 3 aliphatic carbocycles. The molecule has 0 aromatic heterocycles. The zero-order valence-corrected chi connectivity index (χ0v) is 14.1. The lowest BCUT2D eigenvalue weighted by Crippen LogP contribution is -2.65. The van der Waals surface area contributed by atoms with Crippen molar-refractivity contribution in [2.45, 2.75) is 31.1 Å². The Morgan fingerprint density at radius 2 is 2.33 bits per heavy atom. The van der Waals surface area contributed by atoms with E-state index in [-0.39, 0.29) is 17.6 Å². The second-order valence-electron chi connectivity index (χ2n) is 7.63. The van der Waals surface area contributed by atoms with Crippen molar-refractivity contribution in [2.24, 2.45) is 23.2 Å². The highest BCUT2D eigenvalue weighted by molar-refractivity contribution is 5.38. The highest BCUT2D eigenvalue weighted by Crippen LogP contribution is 2.66. The van der Waals surface area contributed by atoms with Gasteiger partial charge in [-0.2, -0.15) is 0 Å². The zero-order chi connectivity index (χ0) is 16.3. The van der Waals surface area contributed by atoms with Crippen LogP contribution in [-0.4, -0.2) is 38.5 Å². The molecular formula is C20H25NO3. The van der Waals surface area contributed by atoms with Crippen molar-refractivity contribution in [1.29, 1.82) is 0 Å². The van der Waals surface area contributed by atoms with E-state index in [0.717, 1.165) is 24.5 Å². The number of hydrogen-bond acceptors (Lipinski definition) is 4. The summed E-state index contributed by atoms with van der Waals surface area (Å²) in [5, 5.41) is 3.75. The second kappa shape index (κ2) is 5.24. The van der Waals surface area contributed by atoms with Gasteiger partial charge in [0, 0.05) is 23.3 Å². The molecular weight excluding hydrogens is 302 g/mol. The van der Waals surface area contributed by atoms with Gasteiger partial charge in [-0.15, -0.1) is 6.58 Å². The van der Waals surface area contributed by atoms with Crippen LogP contribution in [-0.2, 0) is 14.2 Å². The van der Waals surface area contributed by atoms with Gasteiger partial charge in [0.05, 0.1) is 13.7 Å². The Balaban J connectivity index is 1.64. The van der Waals surface area contributed by atoms with E-state index >= 15 is 0 Å². The number of methoxy groups -OCH3 is 1. The number of allylic oxidation sites excluding steroid dienone is 3. The molecule has 2 saturated heterocycles. The van der Waals surface area contributed by atoms with Crippen molar-refractivity contribution in [3.05, 3.63) is 48.5 Å². The Morgan fingerprint density at radius 3 is 3.17 bits per heavy atom. The molecule has 5 rings (SSSR count). The standard InChI is InChI=1S/C20H25NO3/c1-3-10-23-16-7-5-13-14-11-12-4-6-15(22-2)18-17(12)20(13,8-9-21-14)19(16)24-18/h3-7,12-14,16-17,19,21H,1,8-11H2,2H3/t12?,13?,14-,16?,17?,19?,20+/m1/s1. The van der Waals surface area contributed by atoms with Crippen molar-refractivity contribution in [3.63, 3.8) is 0 Å². The van der Waals surface area contributed by atoms with Gasteiger partial charge in [-0.1, -0.05) is 24.3 Å². The Morgan fingerprint density at radius 1 is 1.42 bits per heavy atom. The molecule has 1 saturated carbocycles. The van der Waals surface area contributed by atoms with Gasteiger partial charge in [0.25, 0.3) is 0 Å². The molecule has 128 valence electrons. The molecule has 7 atom stereocenters. The fourth-order valence-corrected chi connectivity index (χ4v) is 6.03. The molecule has 2 bridgehead atoms. The first-order valence-corrected chi connectivity index (χ1v) is 9.07. The van der Waals surface area contributed by atoms with Crippen molar-refractivity contribution in [1.82, 2.24) is 5.32 Å². The van der Waals surface area contributed by atoms with Gasteiger partial charge < -0.3 is 19.5 Å². The van der Waals surface area contributed by atoms with Crippen LogP contribution in [0.5, 0.6) is 0 Å². The molecule has 5 aliphatic rings. The zero-order valence-electron chi connectivity index (χ0n) is 14.1. The summed E-state index contributed by atoms with van der Waals surface area (Å²) in [5.74, 6) is 3.44. The maximum atomic E-state index is 6.60. The molecule has 0 radical (unpaired) electrons. The van der Waals surface area contributed by atoms with E-state index < -0.39 is 0 Å². The van der Waals surface area contributed by atoms with Gasteiger partial charge >= 0.3 is 0 Å². The summed E-state index contributed by atoms with van der Waals surface area (Å²) in [6, 6.07) is 0.538. The normalized spacial score (nSPS) is 47.2. The van der Waals surface area contributed by atoms with Crippen LogP contribution >= 0.6 is 0 Å². The number of rotatable bonds is 4. The molecule has 1 N–H and O–H groups in total. The summed E-state index contributed by atoms with van der Waals surface area (Å²) in [5.41, 5.74) is 0.128. The number of hydrogen-bond donors (Lipinski definition) is 1. The van der Waals surface area contributed by atoms with E-state index in [0.29, 0.717) is 30.4 Å². The molecule has 2 aliphatic heterocycles. The Kier molecular flexibility index (Phi) is 3.23. The van der Waals surface area contributed by atoms with E-state index in [9.17, 15) is 0 Å². The van der Waals surface area contributed by atoms with Crippen LogP contribution < -0.4 is 5.32 Å². The van der Waals surface area contributed by atoms with Gasteiger partial charge in [0.15, 0.2) is 5.76 Å². The van der Waals surface area contributed by atoms with Crippen molar-refractivity contribution >= 4 is 0 Å². The van der Waals surface area contributed by atoms with E-state index in [1.165, 1.54) is 6.42 Å². The third-order valence-electron chi connectivity index (χ3n) is 6.79. The molecule has 0 aromatic carbocycles. The van der Waals surface area contributed by atoms with Crippen molar-refractivity contribution < 1.29 is 14.2 Å². The lowest BCUT2D eigenvalue weighted by molar-refractivity contribution is -0.109. The van der Waals surface area contributed by atoms with Gasteiger partial charge in [0.2, 0.25) is 0 Å². The average molecular weight is 327 g/mol. The molecule has 0 amide bonds. The van der Waals surface area contributed by atoms with Crippen LogP contribution in [0, 0.1) is 23.2 Å². The maximum Gasteiger partial charge on any atom is 0.156 e. The molecule has 24 heavy (non-hydrogen) atoms. The monoisotopic (exact) mass is 327 g/mol. The largest absolute Gasteiger partial charge is 0.493 e. The smallest absolute Gasteiger partial charge is 0.156 e. The number of ether oxygens (including phenoxy) is 3. The molecule has 2 heterocycles. The molecule has 4 heteroatoms. The average Bonchev–Trinajstić information content (AvgIpc) is 2.94. The highest BCUT2D eigenvalue weighted by atomic mass is 16.6. The summed E-state index contributed by atoms with van der Waals surface area (Å²) < 4.78 is 18.3. The summed E-state index contributed by atoms with van der Waals surface area (Å²) in [6.45, 7) is 5.40.